The van der Waals surface area contributed by atoms with E-state index in [4.69, 9.17) is 4.74 Å². The van der Waals surface area contributed by atoms with Crippen LogP contribution >= 0.6 is 0 Å². The molecule has 0 amide bonds. The predicted octanol–water partition coefficient (Wildman–Crippen LogP) is 2.10. The van der Waals surface area contributed by atoms with Crippen LogP contribution in [0.4, 0.5) is 13.2 Å². The van der Waals surface area contributed by atoms with Gasteiger partial charge in [-0.15, -0.1) is 0 Å². The van der Waals surface area contributed by atoms with Gasteiger partial charge in [0.15, 0.2) is 0 Å². The highest BCUT2D eigenvalue weighted by atomic mass is 32.2. The maximum atomic E-state index is 12.9. The van der Waals surface area contributed by atoms with Gasteiger partial charge >= 0.3 is 6.18 Å². The van der Waals surface area contributed by atoms with Gasteiger partial charge < -0.3 is 4.74 Å². The van der Waals surface area contributed by atoms with Crippen molar-refractivity contribution in [3.05, 3.63) is 35.4 Å². The maximum Gasteiger partial charge on any atom is 0.416 e. The summed E-state index contributed by atoms with van der Waals surface area (Å²) in [5.41, 5.74) is 0.895. The Morgan fingerprint density at radius 3 is 2.48 bits per heavy atom. The van der Waals surface area contributed by atoms with Gasteiger partial charge in [-0.25, -0.2) is 12.7 Å². The number of alkyl halides is 3. The molecule has 2 unspecified atom stereocenters. The number of fused-ring (bicyclic) bond motifs is 1. The molecule has 0 N–H and O–H groups in total. The van der Waals surface area contributed by atoms with Crippen molar-refractivity contribution >= 4 is 15.7 Å². The van der Waals surface area contributed by atoms with Crippen LogP contribution in [0.25, 0.3) is 0 Å². The van der Waals surface area contributed by atoms with E-state index < -0.39 is 21.8 Å². The molecular formula is C17H20F3N3O3S. The summed E-state index contributed by atoms with van der Waals surface area (Å²) < 4.78 is 69.3. The highest BCUT2D eigenvalue weighted by molar-refractivity contribution is 7.88. The molecule has 27 heavy (non-hydrogen) atoms. The molecule has 0 radical (unpaired) electrons. The number of nitrogens with zero attached hydrogens (tertiary/aromatic N) is 3. The maximum absolute atomic E-state index is 12.9. The lowest BCUT2D eigenvalue weighted by molar-refractivity contribution is -0.137. The first-order chi connectivity index (χ1) is 12.6. The molecule has 3 heterocycles. The molecule has 1 aromatic rings. The number of hydrogen-bond acceptors (Lipinski definition) is 5. The van der Waals surface area contributed by atoms with Crippen molar-refractivity contribution in [1.82, 2.24) is 9.31 Å². The summed E-state index contributed by atoms with van der Waals surface area (Å²) in [5.74, 6) is -0.177. The number of halogens is 3. The molecule has 6 nitrogen and oxygen atoms in total. The quantitative estimate of drug-likeness (QED) is 0.723. The Balaban J connectivity index is 1.64. The zero-order valence-electron chi connectivity index (χ0n) is 14.7. The van der Waals surface area contributed by atoms with Crippen molar-refractivity contribution in [3.8, 4) is 0 Å². The first-order valence-electron chi connectivity index (χ1n) is 8.71. The van der Waals surface area contributed by atoms with E-state index in [2.05, 4.69) is 5.10 Å². The first kappa shape index (κ1) is 18.7. The molecule has 1 aromatic carbocycles. The van der Waals surface area contributed by atoms with Crippen LogP contribution in [0, 0.1) is 5.92 Å². The van der Waals surface area contributed by atoms with E-state index >= 15 is 0 Å². The minimum atomic E-state index is -4.39. The summed E-state index contributed by atoms with van der Waals surface area (Å²) >= 11 is 0. The summed E-state index contributed by atoms with van der Waals surface area (Å²) in [6.07, 6.45) is -2.63. The second kappa shape index (κ2) is 6.46. The lowest BCUT2D eigenvalue weighted by Crippen LogP contribution is -2.45. The zero-order valence-corrected chi connectivity index (χ0v) is 15.5. The Morgan fingerprint density at radius 2 is 1.93 bits per heavy atom. The van der Waals surface area contributed by atoms with E-state index in [9.17, 15) is 21.6 Å². The molecule has 2 saturated heterocycles. The van der Waals surface area contributed by atoms with Gasteiger partial charge in [0.1, 0.15) is 6.10 Å². The minimum absolute atomic E-state index is 0.0671. The molecule has 10 heteroatoms. The van der Waals surface area contributed by atoms with E-state index in [0.29, 0.717) is 31.7 Å². The van der Waals surface area contributed by atoms with Crippen molar-refractivity contribution in [2.45, 2.75) is 24.7 Å². The van der Waals surface area contributed by atoms with Crippen LogP contribution < -0.4 is 0 Å². The number of epoxide rings is 1. The smallest absolute Gasteiger partial charge is 0.371 e. The fourth-order valence-electron chi connectivity index (χ4n) is 3.79. The van der Waals surface area contributed by atoms with Crippen molar-refractivity contribution in [3.63, 3.8) is 0 Å². The predicted molar refractivity (Wildman–Crippen MR) is 92.6 cm³/mol. The lowest BCUT2D eigenvalue weighted by Gasteiger charge is -2.34. The van der Waals surface area contributed by atoms with Gasteiger partial charge in [-0.3, -0.25) is 5.01 Å². The van der Waals surface area contributed by atoms with Crippen LogP contribution in [0.3, 0.4) is 0 Å². The zero-order chi connectivity index (χ0) is 19.4. The van der Waals surface area contributed by atoms with Gasteiger partial charge in [-0.2, -0.15) is 18.3 Å². The van der Waals surface area contributed by atoms with Gasteiger partial charge in [0.25, 0.3) is 0 Å². The van der Waals surface area contributed by atoms with Crippen molar-refractivity contribution < 1.29 is 26.3 Å². The fourth-order valence-corrected chi connectivity index (χ4v) is 4.65. The third kappa shape index (κ3) is 3.83. The van der Waals surface area contributed by atoms with Crippen LogP contribution in [-0.4, -0.2) is 62.0 Å². The number of hydrazone groups is 1. The number of benzene rings is 1. The molecule has 0 aromatic heterocycles. The summed E-state index contributed by atoms with van der Waals surface area (Å²) in [7, 11) is -3.34. The molecule has 3 aliphatic rings. The van der Waals surface area contributed by atoms with Gasteiger partial charge in [-0.05, 0) is 17.7 Å². The number of rotatable bonds is 4. The van der Waals surface area contributed by atoms with Crippen molar-refractivity contribution in [1.29, 1.82) is 0 Å². The second-order valence-electron chi connectivity index (χ2n) is 7.21. The number of hydrogen-bond donors (Lipinski definition) is 0. The fraction of sp³-hybridized carbons (Fsp3) is 0.588. The van der Waals surface area contributed by atoms with E-state index in [0.717, 1.165) is 17.8 Å². The number of ether oxygens (including phenoxy) is 1. The Hall–Kier alpha value is -1.65. The normalized spacial score (nSPS) is 28.8. The standard InChI is InChI=1S/C17H20F3N3O3S/c1-27(24,25)22-7-6-15-14(9-22)16(23(21-15)8-13-10-26-13)11-2-4-12(5-3-11)17(18,19)20/h2-5,13-14,16H,6-10H2,1H3/t13-,14?,16?/m1/s1. The monoisotopic (exact) mass is 403 g/mol. The molecule has 3 aliphatic heterocycles. The summed E-state index contributed by atoms with van der Waals surface area (Å²) in [6.45, 7) is 1.85. The van der Waals surface area contributed by atoms with E-state index in [-0.39, 0.29) is 24.6 Å². The van der Waals surface area contributed by atoms with Crippen LogP contribution in [-0.2, 0) is 20.9 Å². The Morgan fingerprint density at radius 1 is 1.26 bits per heavy atom. The molecule has 148 valence electrons. The summed E-state index contributed by atoms with van der Waals surface area (Å²) in [6, 6.07) is 4.76. The molecule has 0 aliphatic carbocycles. The van der Waals surface area contributed by atoms with E-state index in [1.807, 2.05) is 5.01 Å². The molecule has 0 bridgehead atoms. The topological polar surface area (TPSA) is 65.5 Å². The Bertz CT molecular complexity index is 850. The molecule has 0 saturated carbocycles. The highest BCUT2D eigenvalue weighted by Crippen LogP contribution is 2.41. The molecule has 0 spiro atoms. The highest BCUT2D eigenvalue weighted by Gasteiger charge is 2.44. The Labute approximate surface area is 155 Å². The van der Waals surface area contributed by atoms with Crippen molar-refractivity contribution in [2.24, 2.45) is 11.0 Å². The average Bonchev–Trinajstić information content (AvgIpc) is 3.32. The van der Waals surface area contributed by atoms with Crippen LogP contribution in [0.15, 0.2) is 29.4 Å². The van der Waals surface area contributed by atoms with E-state index in [1.54, 1.807) is 0 Å². The summed E-state index contributed by atoms with van der Waals surface area (Å²) in [5, 5.41) is 6.52. The first-order valence-corrected chi connectivity index (χ1v) is 10.6. The largest absolute Gasteiger partial charge is 0.416 e. The SMILES string of the molecule is CS(=O)(=O)N1CCC2=NN(C[C@@H]3CO3)C(c3ccc(C(F)(F)F)cc3)C2C1. The molecule has 4 rings (SSSR count). The lowest BCUT2D eigenvalue weighted by atomic mass is 9.86. The van der Waals surface area contributed by atoms with Crippen molar-refractivity contribution in [2.75, 3.05) is 32.5 Å². The minimum Gasteiger partial charge on any atom is -0.371 e. The molecule has 2 fully saturated rings. The third-order valence-electron chi connectivity index (χ3n) is 5.25. The summed E-state index contributed by atoms with van der Waals surface area (Å²) in [4.78, 5) is 0. The Kier molecular flexibility index (Phi) is 4.47. The van der Waals surface area contributed by atoms with Gasteiger partial charge in [-0.1, -0.05) is 12.1 Å². The van der Waals surface area contributed by atoms with Gasteiger partial charge in [0.05, 0.1) is 31.0 Å². The van der Waals surface area contributed by atoms with Gasteiger partial charge in [0.2, 0.25) is 10.0 Å². The average molecular weight is 403 g/mol. The second-order valence-corrected chi connectivity index (χ2v) is 9.19. The van der Waals surface area contributed by atoms with Crippen LogP contribution in [0.1, 0.15) is 23.6 Å². The molecular weight excluding hydrogens is 383 g/mol. The third-order valence-corrected chi connectivity index (χ3v) is 6.52. The van der Waals surface area contributed by atoms with Crippen LogP contribution in [0.2, 0.25) is 0 Å². The van der Waals surface area contributed by atoms with Gasteiger partial charge in [0, 0.05) is 31.1 Å². The molecule has 3 atom stereocenters. The number of piperidine rings is 1. The number of sulfonamides is 1. The van der Waals surface area contributed by atoms with E-state index in [1.165, 1.54) is 22.7 Å². The van der Waals surface area contributed by atoms with Crippen LogP contribution in [0.5, 0.6) is 0 Å².